The number of carbonyl (C=O) groups excluding carboxylic acids is 2. The molecule has 112 valence electrons. The molecule has 0 aromatic carbocycles. The number of aliphatic carboxylic acids is 1. The van der Waals surface area contributed by atoms with Crippen molar-refractivity contribution in [3.8, 4) is 0 Å². The van der Waals surface area contributed by atoms with Crippen molar-refractivity contribution in [2.75, 3.05) is 6.54 Å². The highest BCUT2D eigenvalue weighted by Gasteiger charge is 2.48. The number of nitrogens with one attached hydrogen (secondary N) is 1. The molecule has 21 heavy (non-hydrogen) atoms. The molecule has 3 amide bonds. The van der Waals surface area contributed by atoms with Gasteiger partial charge >= 0.3 is 12.0 Å². The molecule has 0 bridgehead atoms. The largest absolute Gasteiger partial charge is 0.481 e. The molecule has 1 saturated heterocycles. The number of carbonyl (C=O) groups is 3. The maximum atomic E-state index is 12.5. The van der Waals surface area contributed by atoms with Crippen LogP contribution >= 0.6 is 0 Å². The quantitative estimate of drug-likeness (QED) is 0.604. The summed E-state index contributed by atoms with van der Waals surface area (Å²) in [6.45, 7) is 1.86. The van der Waals surface area contributed by atoms with E-state index in [2.05, 4.69) is 10.3 Å². The van der Waals surface area contributed by atoms with Crippen molar-refractivity contribution >= 4 is 17.9 Å². The molecule has 7 heteroatoms. The van der Waals surface area contributed by atoms with E-state index in [1.54, 1.807) is 31.5 Å². The predicted octanol–water partition coefficient (Wildman–Crippen LogP) is 1.10. The van der Waals surface area contributed by atoms with E-state index in [0.717, 1.165) is 4.90 Å². The van der Waals surface area contributed by atoms with Gasteiger partial charge < -0.3 is 10.4 Å². The number of carboxylic acid groups (broad SMARTS) is 1. The number of nitrogens with zero attached hydrogens (tertiary/aromatic N) is 2. The van der Waals surface area contributed by atoms with Gasteiger partial charge in [-0.2, -0.15) is 0 Å². The maximum absolute atomic E-state index is 12.5. The third kappa shape index (κ3) is 3.01. The van der Waals surface area contributed by atoms with Crippen LogP contribution in [0.4, 0.5) is 4.79 Å². The highest BCUT2D eigenvalue weighted by molar-refractivity contribution is 6.07. The predicted molar refractivity (Wildman–Crippen MR) is 73.3 cm³/mol. The van der Waals surface area contributed by atoms with Crippen LogP contribution in [-0.4, -0.2) is 39.4 Å². The summed E-state index contributed by atoms with van der Waals surface area (Å²) in [4.78, 5) is 40.0. The molecule has 1 aromatic heterocycles. The lowest BCUT2D eigenvalue weighted by molar-refractivity contribution is -0.137. The zero-order valence-electron chi connectivity index (χ0n) is 11.7. The van der Waals surface area contributed by atoms with Crippen LogP contribution < -0.4 is 5.32 Å². The van der Waals surface area contributed by atoms with E-state index in [4.69, 9.17) is 5.11 Å². The van der Waals surface area contributed by atoms with Crippen LogP contribution in [0.2, 0.25) is 0 Å². The number of hydrogen-bond donors (Lipinski definition) is 2. The van der Waals surface area contributed by atoms with Crippen LogP contribution in [0.25, 0.3) is 0 Å². The first-order valence-corrected chi connectivity index (χ1v) is 6.71. The van der Waals surface area contributed by atoms with E-state index >= 15 is 0 Å². The van der Waals surface area contributed by atoms with E-state index in [0.29, 0.717) is 18.4 Å². The van der Waals surface area contributed by atoms with Crippen molar-refractivity contribution in [2.24, 2.45) is 0 Å². The average Bonchev–Trinajstić information content (AvgIpc) is 2.68. The molecule has 1 aliphatic heterocycles. The van der Waals surface area contributed by atoms with Gasteiger partial charge in [0.1, 0.15) is 5.54 Å². The molecule has 1 aromatic rings. The smallest absolute Gasteiger partial charge is 0.325 e. The van der Waals surface area contributed by atoms with E-state index in [-0.39, 0.29) is 18.9 Å². The van der Waals surface area contributed by atoms with Crippen molar-refractivity contribution in [1.29, 1.82) is 0 Å². The summed E-state index contributed by atoms with van der Waals surface area (Å²) in [5.74, 6) is -1.22. The lowest BCUT2D eigenvalue weighted by Gasteiger charge is -2.21. The van der Waals surface area contributed by atoms with Crippen LogP contribution in [0.3, 0.4) is 0 Å². The van der Waals surface area contributed by atoms with E-state index in [9.17, 15) is 14.4 Å². The Labute approximate surface area is 122 Å². The minimum Gasteiger partial charge on any atom is -0.481 e. The summed E-state index contributed by atoms with van der Waals surface area (Å²) < 4.78 is 0. The van der Waals surface area contributed by atoms with Crippen LogP contribution in [0.5, 0.6) is 0 Å². The Morgan fingerprint density at radius 1 is 1.43 bits per heavy atom. The standard InChI is InChI=1S/C14H17N3O4/c1-14(10-5-4-7-15-9-10)12(20)17(13(21)16-14)8-3-2-6-11(18)19/h4-5,7,9H,2-3,6,8H2,1H3,(H,16,21)(H,18,19). The molecular weight excluding hydrogens is 274 g/mol. The molecule has 1 atom stereocenters. The van der Waals surface area contributed by atoms with Gasteiger partial charge in [-0.1, -0.05) is 6.07 Å². The molecule has 2 rings (SSSR count). The second-order valence-corrected chi connectivity index (χ2v) is 5.10. The number of imide groups is 1. The molecular formula is C14H17N3O4. The van der Waals surface area contributed by atoms with Gasteiger partial charge in [0.2, 0.25) is 0 Å². The molecule has 2 N–H and O–H groups in total. The summed E-state index contributed by atoms with van der Waals surface area (Å²) in [5, 5.41) is 11.3. The topological polar surface area (TPSA) is 99.6 Å². The fourth-order valence-electron chi connectivity index (χ4n) is 2.30. The maximum Gasteiger partial charge on any atom is 0.325 e. The van der Waals surface area contributed by atoms with Crippen molar-refractivity contribution in [3.63, 3.8) is 0 Å². The lowest BCUT2D eigenvalue weighted by atomic mass is 9.93. The number of amides is 3. The van der Waals surface area contributed by atoms with Gasteiger partial charge in [0, 0.05) is 30.9 Å². The summed E-state index contributed by atoms with van der Waals surface area (Å²) in [6.07, 6.45) is 4.07. The number of unbranched alkanes of at least 4 members (excludes halogenated alkanes) is 1. The third-order valence-corrected chi connectivity index (χ3v) is 3.54. The molecule has 0 saturated carbocycles. The highest BCUT2D eigenvalue weighted by Crippen LogP contribution is 2.28. The summed E-state index contributed by atoms with van der Waals surface area (Å²) in [7, 11) is 0. The van der Waals surface area contributed by atoms with Gasteiger partial charge in [-0.3, -0.25) is 19.5 Å². The molecule has 0 spiro atoms. The molecule has 0 radical (unpaired) electrons. The van der Waals surface area contributed by atoms with Crippen LogP contribution in [-0.2, 0) is 15.1 Å². The van der Waals surface area contributed by atoms with E-state index in [1.807, 2.05) is 0 Å². The van der Waals surface area contributed by atoms with E-state index < -0.39 is 17.5 Å². The number of carboxylic acids is 1. The van der Waals surface area contributed by atoms with Crippen molar-refractivity contribution in [2.45, 2.75) is 31.7 Å². The van der Waals surface area contributed by atoms with Crippen molar-refractivity contribution < 1.29 is 19.5 Å². The monoisotopic (exact) mass is 291 g/mol. The SMILES string of the molecule is CC1(c2cccnc2)NC(=O)N(CCCCC(=O)O)C1=O. The Bertz CT molecular complexity index is 561. The van der Waals surface area contributed by atoms with Gasteiger partial charge in [0.15, 0.2) is 0 Å². The van der Waals surface area contributed by atoms with Crippen molar-refractivity contribution in [3.05, 3.63) is 30.1 Å². The Morgan fingerprint density at radius 2 is 2.19 bits per heavy atom. The third-order valence-electron chi connectivity index (χ3n) is 3.54. The summed E-state index contributed by atoms with van der Waals surface area (Å²) >= 11 is 0. The zero-order valence-corrected chi connectivity index (χ0v) is 11.7. The first kappa shape index (κ1) is 15.0. The van der Waals surface area contributed by atoms with E-state index in [1.165, 1.54) is 0 Å². The lowest BCUT2D eigenvalue weighted by Crippen LogP contribution is -2.41. The van der Waals surface area contributed by atoms with Gasteiger partial charge in [-0.25, -0.2) is 4.79 Å². The Hall–Kier alpha value is -2.44. The molecule has 2 heterocycles. The molecule has 1 fully saturated rings. The van der Waals surface area contributed by atoms with Crippen LogP contribution in [0.15, 0.2) is 24.5 Å². The molecule has 1 aliphatic rings. The van der Waals surface area contributed by atoms with Gasteiger partial charge in [-0.15, -0.1) is 0 Å². The highest BCUT2D eigenvalue weighted by atomic mass is 16.4. The second kappa shape index (κ2) is 5.90. The first-order valence-electron chi connectivity index (χ1n) is 6.71. The normalized spacial score (nSPS) is 21.5. The van der Waals surface area contributed by atoms with Crippen LogP contribution in [0.1, 0.15) is 31.7 Å². The minimum atomic E-state index is -1.11. The van der Waals surface area contributed by atoms with Gasteiger partial charge in [-0.05, 0) is 25.8 Å². The summed E-state index contributed by atoms with van der Waals surface area (Å²) in [6, 6.07) is 2.98. The molecule has 1 unspecified atom stereocenters. The first-order chi connectivity index (χ1) is 9.95. The molecule has 0 aliphatic carbocycles. The van der Waals surface area contributed by atoms with Crippen LogP contribution in [0, 0.1) is 0 Å². The average molecular weight is 291 g/mol. The van der Waals surface area contributed by atoms with Crippen molar-refractivity contribution in [1.82, 2.24) is 15.2 Å². The van der Waals surface area contributed by atoms with Gasteiger partial charge in [0.25, 0.3) is 5.91 Å². The number of pyridine rings is 1. The number of urea groups is 1. The Balaban J connectivity index is 2.04. The fourth-order valence-corrected chi connectivity index (χ4v) is 2.30. The van der Waals surface area contributed by atoms with Gasteiger partial charge in [0.05, 0.1) is 0 Å². The second-order valence-electron chi connectivity index (χ2n) is 5.10. The number of rotatable bonds is 6. The minimum absolute atomic E-state index is 0.0313. The Kier molecular flexibility index (Phi) is 4.21. The Morgan fingerprint density at radius 3 is 2.81 bits per heavy atom. The fraction of sp³-hybridized carbons (Fsp3) is 0.429. The summed E-state index contributed by atoms with van der Waals surface area (Å²) in [5.41, 5.74) is -0.491. The number of hydrogen-bond acceptors (Lipinski definition) is 4. The number of aromatic nitrogens is 1. The zero-order chi connectivity index (χ0) is 15.5. The molecule has 7 nitrogen and oxygen atoms in total.